The minimum atomic E-state index is 0.976. The van der Waals surface area contributed by atoms with Gasteiger partial charge in [0.1, 0.15) is 0 Å². The first kappa shape index (κ1) is 11.6. The Morgan fingerprint density at radius 2 is 2.07 bits per heavy atom. The second-order valence-electron chi connectivity index (χ2n) is 3.49. The SMILES string of the molecule is CCc1cc(CC)n(CCCCS)n1. The van der Waals surface area contributed by atoms with Crippen LogP contribution in [0.3, 0.4) is 0 Å². The third kappa shape index (κ3) is 3.05. The van der Waals surface area contributed by atoms with E-state index in [0.717, 1.165) is 25.1 Å². The fourth-order valence-corrected chi connectivity index (χ4v) is 1.76. The maximum absolute atomic E-state index is 4.56. The number of aromatic nitrogens is 2. The van der Waals surface area contributed by atoms with Crippen molar-refractivity contribution in [2.24, 2.45) is 0 Å². The van der Waals surface area contributed by atoms with E-state index in [1.807, 2.05) is 0 Å². The zero-order valence-corrected chi connectivity index (χ0v) is 10.1. The molecule has 0 radical (unpaired) electrons. The van der Waals surface area contributed by atoms with Crippen molar-refractivity contribution in [3.05, 3.63) is 17.5 Å². The van der Waals surface area contributed by atoms with Crippen molar-refractivity contribution in [1.82, 2.24) is 9.78 Å². The van der Waals surface area contributed by atoms with Gasteiger partial charge in [-0.2, -0.15) is 17.7 Å². The smallest absolute Gasteiger partial charge is 0.0624 e. The van der Waals surface area contributed by atoms with Crippen molar-refractivity contribution in [2.45, 2.75) is 46.1 Å². The molecule has 0 unspecified atom stereocenters. The van der Waals surface area contributed by atoms with Gasteiger partial charge in [-0.1, -0.05) is 13.8 Å². The molecule has 1 heterocycles. The van der Waals surface area contributed by atoms with Crippen molar-refractivity contribution in [2.75, 3.05) is 5.75 Å². The first-order valence-corrected chi connectivity index (χ1v) is 6.11. The van der Waals surface area contributed by atoms with E-state index in [-0.39, 0.29) is 0 Å². The van der Waals surface area contributed by atoms with E-state index in [1.54, 1.807) is 0 Å². The van der Waals surface area contributed by atoms with Crippen LogP contribution in [0.15, 0.2) is 6.07 Å². The molecule has 3 heteroatoms. The van der Waals surface area contributed by atoms with Crippen LogP contribution in [0.4, 0.5) is 0 Å². The van der Waals surface area contributed by atoms with Gasteiger partial charge in [0.15, 0.2) is 0 Å². The molecule has 0 aliphatic carbocycles. The monoisotopic (exact) mass is 212 g/mol. The zero-order chi connectivity index (χ0) is 10.4. The molecule has 0 aliphatic heterocycles. The Morgan fingerprint density at radius 3 is 2.64 bits per heavy atom. The Balaban J connectivity index is 2.59. The van der Waals surface area contributed by atoms with Crippen LogP contribution in [-0.4, -0.2) is 15.5 Å². The predicted octanol–water partition coefficient (Wildman–Crippen LogP) is 2.72. The van der Waals surface area contributed by atoms with Crippen LogP contribution in [0.1, 0.15) is 38.1 Å². The summed E-state index contributed by atoms with van der Waals surface area (Å²) < 4.78 is 2.16. The summed E-state index contributed by atoms with van der Waals surface area (Å²) in [6.07, 6.45) is 4.47. The van der Waals surface area contributed by atoms with Crippen molar-refractivity contribution >= 4 is 12.6 Å². The molecular weight excluding hydrogens is 192 g/mol. The molecule has 0 N–H and O–H groups in total. The fraction of sp³-hybridized carbons (Fsp3) is 0.727. The first-order valence-electron chi connectivity index (χ1n) is 5.48. The molecule has 0 fully saturated rings. The Bertz CT molecular complexity index is 268. The van der Waals surface area contributed by atoms with Crippen LogP contribution in [0.5, 0.6) is 0 Å². The molecule has 0 saturated heterocycles. The van der Waals surface area contributed by atoms with Crippen LogP contribution in [0.25, 0.3) is 0 Å². The molecule has 0 spiro atoms. The normalized spacial score (nSPS) is 10.8. The van der Waals surface area contributed by atoms with Crippen LogP contribution in [-0.2, 0) is 19.4 Å². The number of aryl methyl sites for hydroxylation is 3. The fourth-order valence-electron chi connectivity index (χ4n) is 1.54. The van der Waals surface area contributed by atoms with Gasteiger partial charge in [-0.05, 0) is 37.5 Å². The summed E-state index contributed by atoms with van der Waals surface area (Å²) >= 11 is 4.21. The highest BCUT2D eigenvalue weighted by Gasteiger charge is 2.03. The molecule has 1 rings (SSSR count). The standard InChI is InChI=1S/C11H20N2S/c1-3-10-9-11(4-2)13(12-10)7-5-6-8-14/h9,14H,3-8H2,1-2H3. The molecule has 1 aromatic rings. The molecule has 14 heavy (non-hydrogen) atoms. The second kappa shape index (κ2) is 6.12. The van der Waals surface area contributed by atoms with Crippen LogP contribution in [0.2, 0.25) is 0 Å². The Labute approximate surface area is 92.1 Å². The Kier molecular flexibility index (Phi) is 5.09. The van der Waals surface area contributed by atoms with Crippen molar-refractivity contribution < 1.29 is 0 Å². The van der Waals surface area contributed by atoms with Crippen molar-refractivity contribution in [3.8, 4) is 0 Å². The molecular formula is C11H20N2S. The molecule has 0 amide bonds. The van der Waals surface area contributed by atoms with Gasteiger partial charge in [0.05, 0.1) is 5.69 Å². The summed E-state index contributed by atoms with van der Waals surface area (Å²) in [6.45, 7) is 5.38. The molecule has 0 aliphatic rings. The molecule has 0 bridgehead atoms. The summed E-state index contributed by atoms with van der Waals surface area (Å²) in [5.74, 6) is 0.976. The van der Waals surface area contributed by atoms with E-state index in [1.165, 1.54) is 24.2 Å². The highest BCUT2D eigenvalue weighted by atomic mass is 32.1. The van der Waals surface area contributed by atoms with Gasteiger partial charge < -0.3 is 0 Å². The largest absolute Gasteiger partial charge is 0.269 e. The van der Waals surface area contributed by atoms with Gasteiger partial charge in [0, 0.05) is 12.2 Å². The van der Waals surface area contributed by atoms with Gasteiger partial charge >= 0.3 is 0 Å². The third-order valence-corrected chi connectivity index (χ3v) is 2.73. The van der Waals surface area contributed by atoms with Crippen molar-refractivity contribution in [3.63, 3.8) is 0 Å². The summed E-state index contributed by atoms with van der Waals surface area (Å²) in [4.78, 5) is 0. The van der Waals surface area contributed by atoms with Crippen LogP contribution >= 0.6 is 12.6 Å². The Morgan fingerprint density at radius 1 is 1.29 bits per heavy atom. The molecule has 0 atom stereocenters. The maximum Gasteiger partial charge on any atom is 0.0624 e. The lowest BCUT2D eigenvalue weighted by Crippen LogP contribution is -2.04. The van der Waals surface area contributed by atoms with Gasteiger partial charge in [-0.15, -0.1) is 0 Å². The zero-order valence-electron chi connectivity index (χ0n) is 9.16. The molecule has 2 nitrogen and oxygen atoms in total. The van der Waals surface area contributed by atoms with E-state index in [0.29, 0.717) is 0 Å². The summed E-state index contributed by atoms with van der Waals surface area (Å²) in [7, 11) is 0. The lowest BCUT2D eigenvalue weighted by atomic mass is 10.2. The van der Waals surface area contributed by atoms with E-state index in [9.17, 15) is 0 Å². The maximum atomic E-state index is 4.56. The topological polar surface area (TPSA) is 17.8 Å². The Hall–Kier alpha value is -0.440. The highest BCUT2D eigenvalue weighted by molar-refractivity contribution is 7.80. The number of thiol groups is 1. The van der Waals surface area contributed by atoms with Gasteiger partial charge in [0.25, 0.3) is 0 Å². The van der Waals surface area contributed by atoms with E-state index in [2.05, 4.69) is 42.3 Å². The first-order chi connectivity index (χ1) is 6.81. The summed E-state index contributed by atoms with van der Waals surface area (Å²) in [5, 5.41) is 4.56. The van der Waals surface area contributed by atoms with E-state index < -0.39 is 0 Å². The van der Waals surface area contributed by atoms with Gasteiger partial charge in [0.2, 0.25) is 0 Å². The quantitative estimate of drug-likeness (QED) is 0.567. The number of unbranched alkanes of at least 4 members (excludes halogenated alkanes) is 1. The van der Waals surface area contributed by atoms with Crippen LogP contribution < -0.4 is 0 Å². The third-order valence-electron chi connectivity index (χ3n) is 2.42. The summed E-state index contributed by atoms with van der Waals surface area (Å²) in [6, 6.07) is 2.22. The number of nitrogens with zero attached hydrogens (tertiary/aromatic N) is 2. The van der Waals surface area contributed by atoms with E-state index in [4.69, 9.17) is 0 Å². The number of rotatable bonds is 6. The molecule has 80 valence electrons. The predicted molar refractivity (Wildman–Crippen MR) is 64.1 cm³/mol. The van der Waals surface area contributed by atoms with Crippen LogP contribution in [0, 0.1) is 0 Å². The molecule has 1 aromatic heterocycles. The second-order valence-corrected chi connectivity index (χ2v) is 3.94. The lowest BCUT2D eigenvalue weighted by Gasteiger charge is -2.04. The minimum absolute atomic E-state index is 0.976. The molecule has 0 aromatic carbocycles. The number of hydrogen-bond acceptors (Lipinski definition) is 2. The summed E-state index contributed by atoms with van der Waals surface area (Å²) in [5.41, 5.74) is 2.58. The average molecular weight is 212 g/mol. The van der Waals surface area contributed by atoms with Gasteiger partial charge in [-0.3, -0.25) is 4.68 Å². The molecule has 0 saturated carbocycles. The minimum Gasteiger partial charge on any atom is -0.269 e. The number of hydrogen-bond donors (Lipinski definition) is 1. The lowest BCUT2D eigenvalue weighted by molar-refractivity contribution is 0.548. The highest BCUT2D eigenvalue weighted by Crippen LogP contribution is 2.08. The van der Waals surface area contributed by atoms with E-state index >= 15 is 0 Å². The average Bonchev–Trinajstić information content (AvgIpc) is 2.61. The van der Waals surface area contributed by atoms with Crippen molar-refractivity contribution in [1.29, 1.82) is 0 Å². The van der Waals surface area contributed by atoms with Gasteiger partial charge in [-0.25, -0.2) is 0 Å².